The van der Waals surface area contributed by atoms with Crippen LogP contribution in [0.1, 0.15) is 0 Å². The molecule has 50 heavy (non-hydrogen) atoms. The van der Waals surface area contributed by atoms with Crippen LogP contribution >= 0.6 is 0 Å². The summed E-state index contributed by atoms with van der Waals surface area (Å²) in [6.45, 7) is -2.93. The van der Waals surface area contributed by atoms with E-state index in [4.69, 9.17) is 37.6 Å². The summed E-state index contributed by atoms with van der Waals surface area (Å²) in [5, 5.41) is 93.5. The standard InChI is InChI=1S/C32H38O18/c1-43-15-4-2-14(3-5-15)17-8-44-19-7-16(6-18(34)21(19)22(17)35)49-28-25(38)24(37)23(36)20(50-28)9-45-29-27(40)32(42,12-47-29)13-48-30-26(39)31(41,10-33)11-46-30/h2-8,20,23-30,33-34,36-42H,9-13H2,1H3/t20?,23-,24?,25+,26?,27?,28-,29?,30?,31?,32?/m1/s1. The molecule has 3 fully saturated rings. The summed E-state index contributed by atoms with van der Waals surface area (Å²) in [6, 6.07) is 8.98. The van der Waals surface area contributed by atoms with Gasteiger partial charge in [0.1, 0.15) is 82.3 Å². The van der Waals surface area contributed by atoms with Gasteiger partial charge in [-0.15, -0.1) is 0 Å². The Kier molecular flexibility index (Phi) is 10.4. The fraction of sp³-hybridized carbons (Fsp3) is 0.531. The summed E-state index contributed by atoms with van der Waals surface area (Å²) < 4.78 is 43.4. The Labute approximate surface area is 282 Å². The molecule has 3 aromatic rings. The molecule has 2 aromatic carbocycles. The molecule has 18 heteroatoms. The highest BCUT2D eigenvalue weighted by atomic mass is 16.7. The maximum Gasteiger partial charge on any atom is 0.229 e. The van der Waals surface area contributed by atoms with E-state index in [1.54, 1.807) is 24.3 Å². The number of hydrogen-bond acceptors (Lipinski definition) is 18. The van der Waals surface area contributed by atoms with Crippen LogP contribution in [0.5, 0.6) is 17.2 Å². The molecular formula is C32H38O18. The zero-order valence-electron chi connectivity index (χ0n) is 26.5. The molecule has 0 aliphatic carbocycles. The molecule has 3 aliphatic heterocycles. The van der Waals surface area contributed by atoms with Gasteiger partial charge in [-0.3, -0.25) is 4.79 Å². The number of aromatic hydroxyl groups is 1. The van der Waals surface area contributed by atoms with Gasteiger partial charge in [0, 0.05) is 12.1 Å². The minimum absolute atomic E-state index is 0.0602. The number of hydrogen-bond donors (Lipinski definition) is 9. The van der Waals surface area contributed by atoms with Crippen molar-refractivity contribution >= 4 is 11.0 Å². The molecule has 3 saturated heterocycles. The van der Waals surface area contributed by atoms with Crippen molar-refractivity contribution in [1.82, 2.24) is 0 Å². The number of fused-ring (bicyclic) bond motifs is 1. The molecule has 9 N–H and O–H groups in total. The minimum Gasteiger partial charge on any atom is -0.507 e. The van der Waals surface area contributed by atoms with E-state index >= 15 is 0 Å². The maximum atomic E-state index is 13.3. The summed E-state index contributed by atoms with van der Waals surface area (Å²) in [6.07, 6.45) is -13.4. The second-order valence-electron chi connectivity index (χ2n) is 12.4. The molecule has 0 amide bonds. The average molecular weight is 711 g/mol. The minimum atomic E-state index is -2.07. The number of aliphatic hydroxyl groups is 8. The third-order valence-corrected chi connectivity index (χ3v) is 8.96. The Bertz CT molecular complexity index is 1700. The molecule has 6 rings (SSSR count). The molecule has 11 atom stereocenters. The van der Waals surface area contributed by atoms with Crippen LogP contribution < -0.4 is 14.9 Å². The fourth-order valence-corrected chi connectivity index (χ4v) is 5.80. The highest BCUT2D eigenvalue weighted by Gasteiger charge is 2.53. The lowest BCUT2D eigenvalue weighted by atomic mass is 9.99. The molecule has 18 nitrogen and oxygen atoms in total. The van der Waals surface area contributed by atoms with Crippen LogP contribution in [0.4, 0.5) is 0 Å². The number of rotatable bonds is 11. The third kappa shape index (κ3) is 6.78. The monoisotopic (exact) mass is 710 g/mol. The molecule has 1 aromatic heterocycles. The van der Waals surface area contributed by atoms with Gasteiger partial charge in [0.05, 0.1) is 45.7 Å². The summed E-state index contributed by atoms with van der Waals surface area (Å²) in [5.74, 6) is -0.0523. The van der Waals surface area contributed by atoms with E-state index in [1.807, 2.05) is 0 Å². The zero-order valence-corrected chi connectivity index (χ0v) is 26.5. The Morgan fingerprint density at radius 3 is 2.16 bits per heavy atom. The number of phenols is 1. The van der Waals surface area contributed by atoms with Crippen molar-refractivity contribution in [3.8, 4) is 28.4 Å². The summed E-state index contributed by atoms with van der Waals surface area (Å²) >= 11 is 0. The predicted octanol–water partition coefficient (Wildman–Crippen LogP) is -2.72. The van der Waals surface area contributed by atoms with Crippen LogP contribution in [0.2, 0.25) is 0 Å². The smallest absolute Gasteiger partial charge is 0.229 e. The number of benzene rings is 2. The number of phenolic OH excluding ortho intramolecular Hbond substituents is 1. The molecule has 4 heterocycles. The number of methoxy groups -OCH3 is 1. The van der Waals surface area contributed by atoms with Gasteiger partial charge >= 0.3 is 0 Å². The van der Waals surface area contributed by atoms with Crippen LogP contribution in [0, 0.1) is 0 Å². The van der Waals surface area contributed by atoms with Crippen molar-refractivity contribution in [3.05, 3.63) is 52.9 Å². The first-order valence-electron chi connectivity index (χ1n) is 15.5. The summed E-state index contributed by atoms with van der Waals surface area (Å²) in [5.41, 5.74) is -3.92. The normalized spacial score (nSPS) is 35.8. The first-order chi connectivity index (χ1) is 23.8. The molecular weight excluding hydrogens is 672 g/mol. The van der Waals surface area contributed by atoms with Crippen LogP contribution in [0.15, 0.2) is 51.9 Å². The highest BCUT2D eigenvalue weighted by Crippen LogP contribution is 2.34. The first-order valence-corrected chi connectivity index (χ1v) is 15.5. The van der Waals surface area contributed by atoms with Gasteiger partial charge in [0.25, 0.3) is 0 Å². The van der Waals surface area contributed by atoms with Crippen molar-refractivity contribution in [3.63, 3.8) is 0 Å². The molecule has 0 radical (unpaired) electrons. The van der Waals surface area contributed by atoms with Gasteiger partial charge in [-0.05, 0) is 17.7 Å². The van der Waals surface area contributed by atoms with Crippen molar-refractivity contribution in [2.45, 2.75) is 66.7 Å². The average Bonchev–Trinajstić information content (AvgIpc) is 3.56. The van der Waals surface area contributed by atoms with Gasteiger partial charge in [-0.1, -0.05) is 12.1 Å². The molecule has 274 valence electrons. The number of ether oxygens (including phenoxy) is 7. The largest absolute Gasteiger partial charge is 0.507 e. The molecule has 0 bridgehead atoms. The van der Waals surface area contributed by atoms with Crippen LogP contribution in [0.25, 0.3) is 22.1 Å². The van der Waals surface area contributed by atoms with E-state index in [2.05, 4.69) is 0 Å². The topological polar surface area (TPSA) is 277 Å². The molecule has 0 saturated carbocycles. The predicted molar refractivity (Wildman–Crippen MR) is 164 cm³/mol. The lowest BCUT2D eigenvalue weighted by Crippen LogP contribution is -2.60. The number of aliphatic hydroxyl groups excluding tert-OH is 6. The third-order valence-electron chi connectivity index (χ3n) is 8.96. The van der Waals surface area contributed by atoms with Gasteiger partial charge < -0.3 is 83.5 Å². The van der Waals surface area contributed by atoms with Crippen molar-refractivity contribution < 1.29 is 83.5 Å². The van der Waals surface area contributed by atoms with Gasteiger partial charge in [0.15, 0.2) is 12.6 Å². The summed E-state index contributed by atoms with van der Waals surface area (Å²) in [7, 11) is 1.51. The van der Waals surface area contributed by atoms with Crippen molar-refractivity contribution in [2.75, 3.05) is 40.1 Å². The van der Waals surface area contributed by atoms with Crippen LogP contribution in [-0.2, 0) is 23.7 Å². The second kappa shape index (κ2) is 14.3. The maximum absolute atomic E-state index is 13.3. The lowest BCUT2D eigenvalue weighted by molar-refractivity contribution is -0.289. The van der Waals surface area contributed by atoms with E-state index in [0.717, 1.165) is 6.07 Å². The van der Waals surface area contributed by atoms with Crippen LogP contribution in [0.3, 0.4) is 0 Å². The Morgan fingerprint density at radius 2 is 1.50 bits per heavy atom. The quantitative estimate of drug-likeness (QED) is 0.0978. The summed E-state index contributed by atoms with van der Waals surface area (Å²) in [4.78, 5) is 13.3. The zero-order chi connectivity index (χ0) is 36.0. The SMILES string of the molecule is COc1ccc(-c2coc3cc(O[C@@H]4OC(COC5OCC(O)(COC6OCC(O)(CO)C6O)C5O)[C@@H](O)C(O)[C@@H]4O)cc(O)c3c2=O)cc1. The highest BCUT2D eigenvalue weighted by molar-refractivity contribution is 5.88. The van der Waals surface area contributed by atoms with Gasteiger partial charge in [-0.25, -0.2) is 0 Å². The lowest BCUT2D eigenvalue weighted by Gasteiger charge is -2.40. The van der Waals surface area contributed by atoms with E-state index in [9.17, 15) is 50.8 Å². The van der Waals surface area contributed by atoms with Crippen molar-refractivity contribution in [1.29, 1.82) is 0 Å². The van der Waals surface area contributed by atoms with E-state index < -0.39 is 111 Å². The van der Waals surface area contributed by atoms with Gasteiger partial charge in [0.2, 0.25) is 11.7 Å². The van der Waals surface area contributed by atoms with Crippen LogP contribution in [-0.4, -0.2) is 153 Å². The molecule has 3 aliphatic rings. The molecule has 0 spiro atoms. The van der Waals surface area contributed by atoms with E-state index in [1.165, 1.54) is 19.4 Å². The Morgan fingerprint density at radius 1 is 0.840 bits per heavy atom. The van der Waals surface area contributed by atoms with E-state index in [-0.39, 0.29) is 22.3 Å². The fourth-order valence-electron chi connectivity index (χ4n) is 5.80. The Hall–Kier alpha value is -3.47. The first kappa shape index (κ1) is 36.3. The molecule has 8 unspecified atom stereocenters. The van der Waals surface area contributed by atoms with Gasteiger partial charge in [-0.2, -0.15) is 0 Å². The Balaban J connectivity index is 1.09. The second-order valence-corrected chi connectivity index (χ2v) is 12.4. The van der Waals surface area contributed by atoms with Crippen molar-refractivity contribution in [2.24, 2.45) is 0 Å². The van der Waals surface area contributed by atoms with E-state index in [0.29, 0.717) is 11.3 Å².